The van der Waals surface area contributed by atoms with E-state index in [1.54, 1.807) is 18.5 Å². The van der Waals surface area contributed by atoms with Crippen LogP contribution in [-0.4, -0.2) is 21.6 Å². The number of thioether (sulfide) groups is 1. The highest BCUT2D eigenvalue weighted by molar-refractivity contribution is 7.99. The zero-order valence-corrected chi connectivity index (χ0v) is 7.25. The number of amides is 1. The molecule has 0 bridgehead atoms. The van der Waals surface area contributed by atoms with Gasteiger partial charge in [0.15, 0.2) is 5.16 Å². The fourth-order valence-corrected chi connectivity index (χ4v) is 1.36. The van der Waals surface area contributed by atoms with Gasteiger partial charge in [0.05, 0.1) is 0 Å². The van der Waals surface area contributed by atoms with Gasteiger partial charge in [0.2, 0.25) is 5.91 Å². The Bertz CT molecular complexity index is 252. The highest BCUT2D eigenvalue weighted by atomic mass is 32.2. The van der Waals surface area contributed by atoms with Crippen molar-refractivity contribution in [2.75, 3.05) is 5.75 Å². The van der Waals surface area contributed by atoms with Crippen LogP contribution < -0.4 is 5.73 Å². The number of rotatable bonds is 4. The Hall–Kier alpha value is -1.10. The first-order chi connectivity index (χ1) is 5.79. The lowest BCUT2D eigenvalue weighted by atomic mass is 10.5. The highest BCUT2D eigenvalue weighted by Crippen LogP contribution is 2.11. The Balaban J connectivity index is 2.29. The van der Waals surface area contributed by atoms with Gasteiger partial charge in [-0.15, -0.1) is 0 Å². The third kappa shape index (κ3) is 3.34. The normalized spacial score (nSPS) is 9.67. The number of nitrogens with two attached hydrogens (primary N) is 1. The van der Waals surface area contributed by atoms with Crippen LogP contribution in [0, 0.1) is 0 Å². The lowest BCUT2D eigenvalue weighted by Gasteiger charge is -1.95. The number of carbonyl (C=O) groups is 1. The van der Waals surface area contributed by atoms with Crippen molar-refractivity contribution in [2.24, 2.45) is 5.73 Å². The zero-order chi connectivity index (χ0) is 8.81. The molecule has 1 aromatic rings. The number of carbonyl (C=O) groups excluding carboxylic acids is 1. The minimum atomic E-state index is -0.293. The van der Waals surface area contributed by atoms with Gasteiger partial charge in [-0.25, -0.2) is 9.97 Å². The molecule has 0 atom stereocenters. The van der Waals surface area contributed by atoms with Crippen LogP contribution in [0.4, 0.5) is 0 Å². The summed E-state index contributed by atoms with van der Waals surface area (Å²) >= 11 is 1.43. The maximum absolute atomic E-state index is 10.4. The second-order valence-electron chi connectivity index (χ2n) is 2.10. The van der Waals surface area contributed by atoms with Crippen LogP contribution >= 0.6 is 11.8 Å². The van der Waals surface area contributed by atoms with E-state index in [0.29, 0.717) is 17.3 Å². The summed E-state index contributed by atoms with van der Waals surface area (Å²) < 4.78 is 0. The van der Waals surface area contributed by atoms with Crippen LogP contribution in [0.2, 0.25) is 0 Å². The van der Waals surface area contributed by atoms with Crippen molar-refractivity contribution < 1.29 is 4.79 Å². The summed E-state index contributed by atoms with van der Waals surface area (Å²) in [7, 11) is 0. The Morgan fingerprint density at radius 1 is 1.50 bits per heavy atom. The first-order valence-electron chi connectivity index (χ1n) is 3.47. The van der Waals surface area contributed by atoms with Crippen LogP contribution in [0.25, 0.3) is 0 Å². The lowest BCUT2D eigenvalue weighted by Crippen LogP contribution is -2.10. The average molecular weight is 183 g/mol. The van der Waals surface area contributed by atoms with Gasteiger partial charge in [0.1, 0.15) is 0 Å². The number of nitrogens with zero attached hydrogens (tertiary/aromatic N) is 2. The summed E-state index contributed by atoms with van der Waals surface area (Å²) in [5.41, 5.74) is 4.96. The molecule has 0 saturated carbocycles. The molecular formula is C7H9N3OS. The Morgan fingerprint density at radius 3 is 2.75 bits per heavy atom. The van der Waals surface area contributed by atoms with E-state index in [9.17, 15) is 4.79 Å². The van der Waals surface area contributed by atoms with Crippen LogP contribution in [-0.2, 0) is 4.79 Å². The van der Waals surface area contributed by atoms with Gasteiger partial charge in [-0.3, -0.25) is 4.79 Å². The van der Waals surface area contributed by atoms with Crippen molar-refractivity contribution in [3.8, 4) is 0 Å². The molecule has 0 saturated heterocycles. The van der Waals surface area contributed by atoms with Gasteiger partial charge in [-0.2, -0.15) is 0 Å². The van der Waals surface area contributed by atoms with Gasteiger partial charge in [0.25, 0.3) is 0 Å². The lowest BCUT2D eigenvalue weighted by molar-refractivity contribution is -0.117. The maximum Gasteiger partial charge on any atom is 0.218 e. The van der Waals surface area contributed by atoms with Crippen LogP contribution in [0.15, 0.2) is 23.6 Å². The maximum atomic E-state index is 10.4. The van der Waals surface area contributed by atoms with Crippen molar-refractivity contribution in [3.05, 3.63) is 18.5 Å². The second kappa shape index (κ2) is 4.71. The summed E-state index contributed by atoms with van der Waals surface area (Å²) in [6.07, 6.45) is 3.70. The molecule has 1 heterocycles. The van der Waals surface area contributed by atoms with Gasteiger partial charge >= 0.3 is 0 Å². The molecule has 0 spiro atoms. The summed E-state index contributed by atoms with van der Waals surface area (Å²) in [4.78, 5) is 18.3. The summed E-state index contributed by atoms with van der Waals surface area (Å²) in [5, 5.41) is 0.679. The molecule has 2 N–H and O–H groups in total. The van der Waals surface area contributed by atoms with Gasteiger partial charge in [0, 0.05) is 24.6 Å². The molecule has 1 rings (SSSR count). The third-order valence-electron chi connectivity index (χ3n) is 1.12. The fraction of sp³-hybridized carbons (Fsp3) is 0.286. The van der Waals surface area contributed by atoms with Gasteiger partial charge in [-0.1, -0.05) is 11.8 Å². The molecule has 1 amide bonds. The monoisotopic (exact) mass is 183 g/mol. The van der Waals surface area contributed by atoms with Crippen molar-refractivity contribution in [1.29, 1.82) is 0 Å². The summed E-state index contributed by atoms with van der Waals surface area (Å²) in [6, 6.07) is 1.75. The minimum absolute atomic E-state index is 0.293. The SMILES string of the molecule is NC(=O)CCSc1ncccn1. The van der Waals surface area contributed by atoms with Crippen molar-refractivity contribution in [1.82, 2.24) is 9.97 Å². The Morgan fingerprint density at radius 2 is 2.17 bits per heavy atom. The summed E-state index contributed by atoms with van der Waals surface area (Å²) in [5.74, 6) is 0.345. The quantitative estimate of drug-likeness (QED) is 0.543. The van der Waals surface area contributed by atoms with E-state index < -0.39 is 0 Å². The Kier molecular flexibility index (Phi) is 3.53. The van der Waals surface area contributed by atoms with Gasteiger partial charge in [-0.05, 0) is 6.07 Å². The predicted octanol–water partition coefficient (Wildman–Crippen LogP) is 0.444. The van der Waals surface area contributed by atoms with E-state index >= 15 is 0 Å². The molecule has 4 nitrogen and oxygen atoms in total. The molecule has 1 aromatic heterocycles. The summed E-state index contributed by atoms with van der Waals surface area (Å²) in [6.45, 7) is 0. The van der Waals surface area contributed by atoms with Crippen molar-refractivity contribution in [3.63, 3.8) is 0 Å². The number of primary amides is 1. The highest BCUT2D eigenvalue weighted by Gasteiger charge is 1.97. The zero-order valence-electron chi connectivity index (χ0n) is 6.43. The average Bonchev–Trinajstić information content (AvgIpc) is 2.05. The molecule has 0 fully saturated rings. The molecule has 12 heavy (non-hydrogen) atoms. The van der Waals surface area contributed by atoms with Crippen molar-refractivity contribution in [2.45, 2.75) is 11.6 Å². The van der Waals surface area contributed by atoms with Crippen LogP contribution in [0.5, 0.6) is 0 Å². The second-order valence-corrected chi connectivity index (χ2v) is 3.16. The number of hydrogen-bond acceptors (Lipinski definition) is 4. The molecule has 0 aliphatic heterocycles. The van der Waals surface area contributed by atoms with Crippen LogP contribution in [0.1, 0.15) is 6.42 Å². The minimum Gasteiger partial charge on any atom is -0.370 e. The molecule has 64 valence electrons. The molecule has 5 heteroatoms. The van der Waals surface area contributed by atoms with Crippen molar-refractivity contribution >= 4 is 17.7 Å². The first kappa shape index (κ1) is 8.99. The van der Waals surface area contributed by atoms with E-state index in [4.69, 9.17) is 5.73 Å². The number of hydrogen-bond donors (Lipinski definition) is 1. The molecule has 0 radical (unpaired) electrons. The Labute approximate surface area is 74.6 Å². The molecular weight excluding hydrogens is 174 g/mol. The van der Waals surface area contributed by atoms with E-state index in [0.717, 1.165) is 0 Å². The predicted molar refractivity (Wildman–Crippen MR) is 46.6 cm³/mol. The third-order valence-corrected chi connectivity index (χ3v) is 2.00. The van der Waals surface area contributed by atoms with Gasteiger partial charge < -0.3 is 5.73 Å². The standard InChI is InChI=1S/C7H9N3OS/c8-6(11)2-5-12-7-9-3-1-4-10-7/h1,3-4H,2,5H2,(H2,8,11). The van der Waals surface area contributed by atoms with E-state index in [2.05, 4.69) is 9.97 Å². The molecule has 0 aliphatic rings. The number of aromatic nitrogens is 2. The topological polar surface area (TPSA) is 68.9 Å². The smallest absolute Gasteiger partial charge is 0.218 e. The molecule has 0 aromatic carbocycles. The van der Waals surface area contributed by atoms with Crippen LogP contribution in [0.3, 0.4) is 0 Å². The largest absolute Gasteiger partial charge is 0.370 e. The first-order valence-corrected chi connectivity index (χ1v) is 4.46. The molecule has 0 unspecified atom stereocenters. The van der Waals surface area contributed by atoms with E-state index in [1.807, 2.05) is 0 Å². The molecule has 0 aliphatic carbocycles. The fourth-order valence-electron chi connectivity index (χ4n) is 0.603. The van der Waals surface area contributed by atoms with E-state index in [-0.39, 0.29) is 5.91 Å². The van der Waals surface area contributed by atoms with E-state index in [1.165, 1.54) is 11.8 Å².